The third-order valence-corrected chi connectivity index (χ3v) is 1.77. The second-order valence-electron chi connectivity index (χ2n) is 2.54. The average molecular weight is 140 g/mol. The van der Waals surface area contributed by atoms with Crippen molar-refractivity contribution in [2.75, 3.05) is 0 Å². The van der Waals surface area contributed by atoms with Crippen LogP contribution in [-0.4, -0.2) is 10.3 Å². The van der Waals surface area contributed by atoms with Crippen LogP contribution < -0.4 is 0 Å². The van der Waals surface area contributed by atoms with E-state index in [9.17, 15) is 0 Å². The predicted octanol–water partition coefficient (Wildman–Crippen LogP) is 1.89. The molecule has 1 unspecified atom stereocenters. The largest absolute Gasteiger partial charge is 0.244 e. The Labute approximate surface area is 60.4 Å². The maximum atomic E-state index is 4.57. The Kier molecular flexibility index (Phi) is 2.04. The van der Waals surface area contributed by atoms with Gasteiger partial charge in [0.25, 0.3) is 0 Å². The first kappa shape index (κ1) is 7.25. The Morgan fingerprint density at radius 1 is 1.50 bits per heavy atom. The first-order valence-electron chi connectivity index (χ1n) is 3.54. The average Bonchev–Trinajstić information content (AvgIpc) is 2.34. The Bertz CT molecular complexity index is 207. The normalized spacial score (nSPS) is 13.5. The van der Waals surface area contributed by atoms with E-state index in [4.69, 9.17) is 0 Å². The molecule has 1 atom stereocenters. The Morgan fingerprint density at radius 3 is 2.60 bits per heavy atom. The van der Waals surface area contributed by atoms with Crippen LogP contribution in [0.2, 0.25) is 0 Å². The van der Waals surface area contributed by atoms with Crippen LogP contribution in [0.25, 0.3) is 0 Å². The van der Waals surface area contributed by atoms with Gasteiger partial charge in [-0.05, 0) is 13.3 Å². The smallest absolute Gasteiger partial charge is 0.110 e. The van der Waals surface area contributed by atoms with Crippen molar-refractivity contribution in [1.82, 2.24) is 10.3 Å². The molecule has 0 aromatic carbocycles. The molecule has 0 aliphatic heterocycles. The molecule has 0 fully saturated rings. The fourth-order valence-corrected chi connectivity index (χ4v) is 0.878. The van der Waals surface area contributed by atoms with Crippen molar-refractivity contribution in [3.8, 4) is 0 Å². The van der Waals surface area contributed by atoms with E-state index in [0.29, 0.717) is 5.92 Å². The SMILES string of the molecule is CCC(C)c1nonc1C. The standard InChI is InChI=1S/C7H12N2O/c1-4-5(2)7-6(3)8-10-9-7/h5H,4H2,1-3H3. The summed E-state index contributed by atoms with van der Waals surface area (Å²) in [5.74, 6) is 0.464. The molecule has 3 heteroatoms. The summed E-state index contributed by atoms with van der Waals surface area (Å²) >= 11 is 0. The van der Waals surface area contributed by atoms with Crippen molar-refractivity contribution >= 4 is 0 Å². The maximum absolute atomic E-state index is 4.57. The summed E-state index contributed by atoms with van der Waals surface area (Å²) in [6.07, 6.45) is 1.08. The summed E-state index contributed by atoms with van der Waals surface area (Å²) in [5, 5.41) is 7.50. The zero-order chi connectivity index (χ0) is 7.56. The van der Waals surface area contributed by atoms with Gasteiger partial charge >= 0.3 is 0 Å². The van der Waals surface area contributed by atoms with E-state index in [0.717, 1.165) is 17.8 Å². The Hall–Kier alpha value is -0.860. The van der Waals surface area contributed by atoms with Gasteiger partial charge in [-0.3, -0.25) is 0 Å². The number of hydrogen-bond donors (Lipinski definition) is 0. The lowest BCUT2D eigenvalue weighted by Gasteiger charge is -2.01. The molecule has 0 amide bonds. The molecule has 1 heterocycles. The summed E-state index contributed by atoms with van der Waals surface area (Å²) in [7, 11) is 0. The molecule has 1 aromatic rings. The number of aryl methyl sites for hydroxylation is 1. The molecule has 0 N–H and O–H groups in total. The zero-order valence-corrected chi connectivity index (χ0v) is 6.59. The maximum Gasteiger partial charge on any atom is 0.110 e. The molecule has 0 saturated heterocycles. The van der Waals surface area contributed by atoms with Crippen molar-refractivity contribution in [3.05, 3.63) is 11.4 Å². The van der Waals surface area contributed by atoms with E-state index in [-0.39, 0.29) is 0 Å². The highest BCUT2D eigenvalue weighted by molar-refractivity contribution is 5.09. The first-order valence-corrected chi connectivity index (χ1v) is 3.54. The van der Waals surface area contributed by atoms with Gasteiger partial charge in [0.15, 0.2) is 0 Å². The summed E-state index contributed by atoms with van der Waals surface area (Å²) in [4.78, 5) is 0. The summed E-state index contributed by atoms with van der Waals surface area (Å²) in [6, 6.07) is 0. The highest BCUT2D eigenvalue weighted by atomic mass is 16.6. The van der Waals surface area contributed by atoms with E-state index in [1.54, 1.807) is 0 Å². The van der Waals surface area contributed by atoms with Crippen molar-refractivity contribution in [2.24, 2.45) is 0 Å². The number of hydrogen-bond acceptors (Lipinski definition) is 3. The van der Waals surface area contributed by atoms with Crippen molar-refractivity contribution in [2.45, 2.75) is 33.1 Å². The van der Waals surface area contributed by atoms with E-state index in [2.05, 4.69) is 28.8 Å². The number of rotatable bonds is 2. The zero-order valence-electron chi connectivity index (χ0n) is 6.59. The lowest BCUT2D eigenvalue weighted by Crippen LogP contribution is -1.93. The molecule has 0 aliphatic carbocycles. The molecule has 0 saturated carbocycles. The fourth-order valence-electron chi connectivity index (χ4n) is 0.878. The molecular formula is C7H12N2O. The van der Waals surface area contributed by atoms with Crippen LogP contribution in [0.1, 0.15) is 37.6 Å². The van der Waals surface area contributed by atoms with Crippen LogP contribution in [-0.2, 0) is 0 Å². The minimum Gasteiger partial charge on any atom is -0.244 e. The van der Waals surface area contributed by atoms with Gasteiger partial charge < -0.3 is 0 Å². The van der Waals surface area contributed by atoms with Crippen molar-refractivity contribution in [3.63, 3.8) is 0 Å². The molecule has 0 radical (unpaired) electrons. The summed E-state index contributed by atoms with van der Waals surface area (Å²) in [6.45, 7) is 6.16. The van der Waals surface area contributed by atoms with Crippen LogP contribution in [0, 0.1) is 6.92 Å². The molecule has 0 spiro atoms. The molecule has 0 bridgehead atoms. The molecule has 1 aromatic heterocycles. The topological polar surface area (TPSA) is 38.9 Å². The minimum atomic E-state index is 0.464. The molecule has 10 heavy (non-hydrogen) atoms. The molecule has 3 nitrogen and oxygen atoms in total. The lowest BCUT2D eigenvalue weighted by atomic mass is 10.0. The van der Waals surface area contributed by atoms with E-state index < -0.39 is 0 Å². The Balaban J connectivity index is 2.82. The highest BCUT2D eigenvalue weighted by Gasteiger charge is 2.10. The number of nitrogens with zero attached hydrogens (tertiary/aromatic N) is 2. The van der Waals surface area contributed by atoms with Crippen LogP contribution in [0.15, 0.2) is 4.63 Å². The fraction of sp³-hybridized carbons (Fsp3) is 0.714. The first-order chi connectivity index (χ1) is 4.75. The van der Waals surface area contributed by atoms with Crippen LogP contribution >= 0.6 is 0 Å². The predicted molar refractivity (Wildman–Crippen MR) is 37.7 cm³/mol. The van der Waals surface area contributed by atoms with Gasteiger partial charge in [0, 0.05) is 5.92 Å². The van der Waals surface area contributed by atoms with E-state index in [1.165, 1.54) is 0 Å². The van der Waals surface area contributed by atoms with Gasteiger partial charge in [-0.15, -0.1) is 0 Å². The van der Waals surface area contributed by atoms with Crippen molar-refractivity contribution < 1.29 is 4.63 Å². The van der Waals surface area contributed by atoms with Gasteiger partial charge in [-0.2, -0.15) is 0 Å². The van der Waals surface area contributed by atoms with Gasteiger partial charge in [-0.25, -0.2) is 4.63 Å². The van der Waals surface area contributed by atoms with Crippen LogP contribution in [0.4, 0.5) is 0 Å². The van der Waals surface area contributed by atoms with Gasteiger partial charge in [0.05, 0.1) is 0 Å². The summed E-state index contributed by atoms with van der Waals surface area (Å²) < 4.78 is 4.57. The second-order valence-corrected chi connectivity index (χ2v) is 2.54. The quantitative estimate of drug-likeness (QED) is 0.629. The van der Waals surface area contributed by atoms with E-state index in [1.807, 2.05) is 6.92 Å². The third kappa shape index (κ3) is 1.17. The minimum absolute atomic E-state index is 0.464. The van der Waals surface area contributed by atoms with Gasteiger partial charge in [0.2, 0.25) is 0 Å². The number of aromatic nitrogens is 2. The molecule has 1 rings (SSSR count). The molecular weight excluding hydrogens is 128 g/mol. The van der Waals surface area contributed by atoms with E-state index >= 15 is 0 Å². The molecule has 56 valence electrons. The second kappa shape index (κ2) is 2.82. The van der Waals surface area contributed by atoms with Crippen LogP contribution in [0.5, 0.6) is 0 Å². The van der Waals surface area contributed by atoms with Gasteiger partial charge in [-0.1, -0.05) is 24.2 Å². The monoisotopic (exact) mass is 140 g/mol. The summed E-state index contributed by atoms with van der Waals surface area (Å²) in [5.41, 5.74) is 1.90. The third-order valence-electron chi connectivity index (χ3n) is 1.77. The Morgan fingerprint density at radius 2 is 2.20 bits per heavy atom. The molecule has 0 aliphatic rings. The lowest BCUT2D eigenvalue weighted by molar-refractivity contribution is 0.299. The van der Waals surface area contributed by atoms with Crippen molar-refractivity contribution in [1.29, 1.82) is 0 Å². The highest BCUT2D eigenvalue weighted by Crippen LogP contribution is 2.17. The van der Waals surface area contributed by atoms with Gasteiger partial charge in [0.1, 0.15) is 11.4 Å². The van der Waals surface area contributed by atoms with Crippen LogP contribution in [0.3, 0.4) is 0 Å².